The number of aromatic nitrogens is 1. The van der Waals surface area contributed by atoms with E-state index in [9.17, 15) is 4.79 Å². The molecule has 0 fully saturated rings. The van der Waals surface area contributed by atoms with Crippen molar-refractivity contribution < 1.29 is 9.53 Å². The highest BCUT2D eigenvalue weighted by atomic mass is 32.1. The van der Waals surface area contributed by atoms with E-state index in [1.54, 1.807) is 12.3 Å². The number of amides is 1. The Bertz CT molecular complexity index is 886. The van der Waals surface area contributed by atoms with E-state index < -0.39 is 5.91 Å². The van der Waals surface area contributed by atoms with E-state index in [1.165, 1.54) is 11.3 Å². The number of rotatable bonds is 3. The molecule has 0 radical (unpaired) electrons. The standard InChI is InChI=1S/C16H15N3O2S/c1-8-4-3-5-10(9(8)2)21-11-6-7-19-16-12(11)13(17)14(22-16)15(18)20/h3-7H,17H2,1-2H3,(H2,18,20). The molecule has 0 aliphatic carbocycles. The number of nitrogen functional groups attached to an aromatic ring is 1. The van der Waals surface area contributed by atoms with Crippen LogP contribution in [0.4, 0.5) is 5.69 Å². The van der Waals surface area contributed by atoms with Gasteiger partial charge in [0, 0.05) is 6.20 Å². The van der Waals surface area contributed by atoms with Crippen molar-refractivity contribution in [2.45, 2.75) is 13.8 Å². The predicted octanol–water partition coefficient (Wildman–Crippen LogP) is 3.39. The van der Waals surface area contributed by atoms with Crippen molar-refractivity contribution in [3.05, 3.63) is 46.5 Å². The van der Waals surface area contributed by atoms with E-state index >= 15 is 0 Å². The highest BCUT2D eigenvalue weighted by molar-refractivity contribution is 7.21. The third kappa shape index (κ3) is 2.27. The first-order chi connectivity index (χ1) is 10.5. The minimum atomic E-state index is -0.557. The maximum atomic E-state index is 11.4. The van der Waals surface area contributed by atoms with Crippen molar-refractivity contribution in [3.8, 4) is 11.5 Å². The Balaban J connectivity index is 2.15. The summed E-state index contributed by atoms with van der Waals surface area (Å²) in [6.07, 6.45) is 1.63. The van der Waals surface area contributed by atoms with Crippen molar-refractivity contribution >= 4 is 33.1 Å². The smallest absolute Gasteiger partial charge is 0.260 e. The van der Waals surface area contributed by atoms with Crippen molar-refractivity contribution in [1.82, 2.24) is 4.98 Å². The van der Waals surface area contributed by atoms with Crippen molar-refractivity contribution in [1.29, 1.82) is 0 Å². The molecule has 2 aromatic heterocycles. The van der Waals surface area contributed by atoms with Gasteiger partial charge in [-0.05, 0) is 37.1 Å². The number of nitrogens with zero attached hydrogens (tertiary/aromatic N) is 1. The summed E-state index contributed by atoms with van der Waals surface area (Å²) in [4.78, 5) is 16.6. The van der Waals surface area contributed by atoms with Gasteiger partial charge in [-0.15, -0.1) is 11.3 Å². The second kappa shape index (κ2) is 5.31. The summed E-state index contributed by atoms with van der Waals surface area (Å²) in [6.45, 7) is 4.02. The van der Waals surface area contributed by atoms with E-state index in [0.717, 1.165) is 16.9 Å². The lowest BCUT2D eigenvalue weighted by molar-refractivity contribution is 0.100. The molecule has 2 heterocycles. The molecule has 0 atom stereocenters. The minimum Gasteiger partial charge on any atom is -0.456 e. The van der Waals surface area contributed by atoms with Crippen LogP contribution < -0.4 is 16.2 Å². The van der Waals surface area contributed by atoms with Gasteiger partial charge in [0.05, 0.1) is 11.1 Å². The summed E-state index contributed by atoms with van der Waals surface area (Å²) in [5, 5.41) is 0.627. The molecule has 6 heteroatoms. The summed E-state index contributed by atoms with van der Waals surface area (Å²) in [7, 11) is 0. The zero-order valence-corrected chi connectivity index (χ0v) is 13.0. The zero-order chi connectivity index (χ0) is 15.9. The number of ether oxygens (including phenoxy) is 1. The number of nitrogens with two attached hydrogens (primary N) is 2. The lowest BCUT2D eigenvalue weighted by Gasteiger charge is -2.11. The largest absolute Gasteiger partial charge is 0.456 e. The van der Waals surface area contributed by atoms with Crippen LogP contribution in [0.5, 0.6) is 11.5 Å². The van der Waals surface area contributed by atoms with Crippen LogP contribution in [-0.2, 0) is 0 Å². The van der Waals surface area contributed by atoms with Crippen LogP contribution in [0.3, 0.4) is 0 Å². The maximum absolute atomic E-state index is 11.4. The van der Waals surface area contributed by atoms with Crippen LogP contribution in [0.15, 0.2) is 30.5 Å². The highest BCUT2D eigenvalue weighted by Gasteiger charge is 2.19. The van der Waals surface area contributed by atoms with E-state index in [2.05, 4.69) is 4.98 Å². The lowest BCUT2D eigenvalue weighted by Crippen LogP contribution is -2.10. The summed E-state index contributed by atoms with van der Waals surface area (Å²) >= 11 is 1.17. The molecule has 0 aliphatic rings. The third-order valence-electron chi connectivity index (χ3n) is 3.59. The molecule has 0 spiro atoms. The van der Waals surface area contributed by atoms with Gasteiger partial charge in [-0.3, -0.25) is 4.79 Å². The summed E-state index contributed by atoms with van der Waals surface area (Å²) in [5.74, 6) is 0.761. The van der Waals surface area contributed by atoms with Crippen LogP contribution >= 0.6 is 11.3 Å². The predicted molar refractivity (Wildman–Crippen MR) is 88.5 cm³/mol. The number of hydrogen-bond acceptors (Lipinski definition) is 5. The molecule has 5 nitrogen and oxygen atoms in total. The van der Waals surface area contributed by atoms with Gasteiger partial charge < -0.3 is 16.2 Å². The molecule has 3 rings (SSSR count). The zero-order valence-electron chi connectivity index (χ0n) is 12.2. The van der Waals surface area contributed by atoms with Gasteiger partial charge in [0.1, 0.15) is 21.2 Å². The van der Waals surface area contributed by atoms with Crippen LogP contribution in [0, 0.1) is 13.8 Å². The van der Waals surface area contributed by atoms with E-state index in [1.807, 2.05) is 32.0 Å². The Morgan fingerprint density at radius 3 is 2.73 bits per heavy atom. The van der Waals surface area contributed by atoms with Gasteiger partial charge in [-0.25, -0.2) is 4.98 Å². The van der Waals surface area contributed by atoms with Gasteiger partial charge in [0.2, 0.25) is 0 Å². The number of fused-ring (bicyclic) bond motifs is 1. The first-order valence-electron chi connectivity index (χ1n) is 6.70. The van der Waals surface area contributed by atoms with Gasteiger partial charge in [-0.1, -0.05) is 12.1 Å². The molecular weight excluding hydrogens is 298 g/mol. The molecule has 0 saturated carbocycles. The summed E-state index contributed by atoms with van der Waals surface area (Å²) in [5.41, 5.74) is 13.9. The maximum Gasteiger partial charge on any atom is 0.260 e. The number of primary amides is 1. The molecule has 1 amide bonds. The van der Waals surface area contributed by atoms with Gasteiger partial charge in [0.15, 0.2) is 0 Å². The molecular formula is C16H15N3O2S. The van der Waals surface area contributed by atoms with Crippen LogP contribution in [0.1, 0.15) is 20.8 Å². The minimum absolute atomic E-state index is 0.305. The highest BCUT2D eigenvalue weighted by Crippen LogP contribution is 2.40. The number of carbonyl (C=O) groups excluding carboxylic acids is 1. The molecule has 22 heavy (non-hydrogen) atoms. The number of aryl methyl sites for hydroxylation is 1. The number of benzene rings is 1. The number of carbonyl (C=O) groups is 1. The van der Waals surface area contributed by atoms with E-state index in [-0.39, 0.29) is 0 Å². The number of pyridine rings is 1. The van der Waals surface area contributed by atoms with Crippen LogP contribution in [0.2, 0.25) is 0 Å². The Hall–Kier alpha value is -2.60. The molecule has 112 valence electrons. The van der Waals surface area contributed by atoms with E-state index in [4.69, 9.17) is 16.2 Å². The quantitative estimate of drug-likeness (QED) is 0.775. The molecule has 4 N–H and O–H groups in total. The second-order valence-electron chi connectivity index (χ2n) is 5.00. The molecule has 3 aromatic rings. The number of hydrogen-bond donors (Lipinski definition) is 2. The van der Waals surface area contributed by atoms with Crippen LogP contribution in [-0.4, -0.2) is 10.9 Å². The van der Waals surface area contributed by atoms with Gasteiger partial charge in [0.25, 0.3) is 5.91 Å². The molecule has 0 bridgehead atoms. The number of anilines is 1. The molecule has 0 unspecified atom stereocenters. The fourth-order valence-electron chi connectivity index (χ4n) is 2.24. The molecule has 0 aliphatic heterocycles. The topological polar surface area (TPSA) is 91.2 Å². The first-order valence-corrected chi connectivity index (χ1v) is 7.51. The fourth-order valence-corrected chi connectivity index (χ4v) is 3.17. The van der Waals surface area contributed by atoms with Gasteiger partial charge in [-0.2, -0.15) is 0 Å². The summed E-state index contributed by atoms with van der Waals surface area (Å²) < 4.78 is 6.01. The monoisotopic (exact) mass is 313 g/mol. The van der Waals surface area contributed by atoms with Crippen molar-refractivity contribution in [3.63, 3.8) is 0 Å². The summed E-state index contributed by atoms with van der Waals surface area (Å²) in [6, 6.07) is 7.58. The van der Waals surface area contributed by atoms with Crippen molar-refractivity contribution in [2.75, 3.05) is 5.73 Å². The lowest BCUT2D eigenvalue weighted by atomic mass is 10.1. The second-order valence-corrected chi connectivity index (χ2v) is 6.00. The average Bonchev–Trinajstić information content (AvgIpc) is 2.82. The Morgan fingerprint density at radius 1 is 1.23 bits per heavy atom. The van der Waals surface area contributed by atoms with Gasteiger partial charge >= 0.3 is 0 Å². The normalized spacial score (nSPS) is 10.8. The Kier molecular flexibility index (Phi) is 3.46. The Labute approximate surface area is 131 Å². The SMILES string of the molecule is Cc1cccc(Oc2ccnc3sc(C(N)=O)c(N)c23)c1C. The average molecular weight is 313 g/mol. The molecule has 1 aromatic carbocycles. The molecule has 0 saturated heterocycles. The Morgan fingerprint density at radius 2 is 2.00 bits per heavy atom. The first kappa shape index (κ1) is 14.3. The number of thiophene rings is 1. The third-order valence-corrected chi connectivity index (χ3v) is 4.72. The van der Waals surface area contributed by atoms with E-state index in [0.29, 0.717) is 26.5 Å². The van der Waals surface area contributed by atoms with Crippen LogP contribution in [0.25, 0.3) is 10.2 Å². The fraction of sp³-hybridized carbons (Fsp3) is 0.125. The van der Waals surface area contributed by atoms with Crippen molar-refractivity contribution in [2.24, 2.45) is 5.73 Å².